The molecule has 4 heteroatoms. The van der Waals surface area contributed by atoms with E-state index in [1.807, 2.05) is 4.68 Å². The first kappa shape index (κ1) is 10.0. The van der Waals surface area contributed by atoms with Gasteiger partial charge in [0, 0.05) is 5.10 Å². The van der Waals surface area contributed by atoms with E-state index in [4.69, 9.17) is 5.84 Å². The lowest BCUT2D eigenvalue weighted by Gasteiger charge is -1.95. The highest BCUT2D eigenvalue weighted by molar-refractivity contribution is 4.48. The van der Waals surface area contributed by atoms with E-state index in [1.165, 1.54) is 36.8 Å². The molecule has 0 atom stereocenters. The van der Waals surface area contributed by atoms with Crippen LogP contribution in [0, 0.1) is 0 Å². The highest BCUT2D eigenvalue weighted by Crippen LogP contribution is 2.02. The number of hydrogen-bond donors (Lipinski definition) is 1. The highest BCUT2D eigenvalue weighted by atomic mass is 15.4. The molecule has 0 aromatic carbocycles. The van der Waals surface area contributed by atoms with Crippen molar-refractivity contribution in [3.05, 3.63) is 12.7 Å². The topological polar surface area (TPSA) is 47.7 Å². The van der Waals surface area contributed by atoms with Gasteiger partial charge < -0.3 is 0 Å². The molecule has 0 unspecified atom stereocenters. The second kappa shape index (κ2) is 5.56. The van der Waals surface area contributed by atoms with Crippen LogP contribution in [0.2, 0.25) is 0 Å². The Balaban J connectivity index is 2.06. The molecule has 0 spiro atoms. The molecule has 0 aliphatic carbocycles. The number of aryl methyl sites for hydroxylation is 1. The molecular weight excluding hydrogens is 164 g/mol. The van der Waals surface area contributed by atoms with Crippen LogP contribution < -0.4 is 10.5 Å². The van der Waals surface area contributed by atoms with Crippen LogP contribution in [0.25, 0.3) is 0 Å². The monoisotopic (exact) mass is 183 g/mol. The number of rotatable bonds is 6. The number of aromatic nitrogens is 3. The molecule has 2 N–H and O–H groups in total. The Kier molecular flexibility index (Phi) is 4.29. The lowest BCUT2D eigenvalue weighted by molar-refractivity contribution is -0.639. The van der Waals surface area contributed by atoms with Gasteiger partial charge in [-0.1, -0.05) is 32.6 Å². The summed E-state index contributed by atoms with van der Waals surface area (Å²) in [7, 11) is 0. The predicted molar refractivity (Wildman–Crippen MR) is 51.3 cm³/mol. The van der Waals surface area contributed by atoms with Crippen LogP contribution in [-0.4, -0.2) is 9.78 Å². The highest BCUT2D eigenvalue weighted by Gasteiger charge is 2.01. The summed E-state index contributed by atoms with van der Waals surface area (Å²) in [6.07, 6.45) is 9.88. The summed E-state index contributed by atoms with van der Waals surface area (Å²) < 4.78 is 3.36. The molecule has 1 heterocycles. The van der Waals surface area contributed by atoms with E-state index in [0.29, 0.717) is 0 Å². The Morgan fingerprint density at radius 3 is 2.69 bits per heavy atom. The predicted octanol–water partition coefficient (Wildman–Crippen LogP) is 0.855. The molecule has 0 saturated heterocycles. The van der Waals surface area contributed by atoms with Crippen LogP contribution in [-0.2, 0) is 6.54 Å². The molecule has 0 saturated carbocycles. The lowest BCUT2D eigenvalue weighted by Crippen LogP contribution is -2.42. The molecular formula is C9H19N4+. The van der Waals surface area contributed by atoms with Crippen LogP contribution in [0.5, 0.6) is 0 Å². The van der Waals surface area contributed by atoms with Crippen molar-refractivity contribution in [2.24, 2.45) is 0 Å². The van der Waals surface area contributed by atoms with Crippen molar-refractivity contribution in [2.45, 2.75) is 45.6 Å². The smallest absolute Gasteiger partial charge is 0.286 e. The van der Waals surface area contributed by atoms with Crippen LogP contribution in [0.4, 0.5) is 0 Å². The third-order valence-electron chi connectivity index (χ3n) is 2.09. The van der Waals surface area contributed by atoms with E-state index in [0.717, 1.165) is 6.54 Å². The zero-order valence-corrected chi connectivity index (χ0v) is 8.32. The summed E-state index contributed by atoms with van der Waals surface area (Å²) in [5.74, 6) is 5.46. The third kappa shape index (κ3) is 3.92. The fraction of sp³-hybridized carbons (Fsp3) is 0.778. The zero-order valence-electron chi connectivity index (χ0n) is 8.32. The Hall–Kier alpha value is -1.06. The Labute approximate surface area is 79.3 Å². The van der Waals surface area contributed by atoms with Gasteiger partial charge >= 0.3 is 0 Å². The van der Waals surface area contributed by atoms with Crippen molar-refractivity contribution in [3.63, 3.8) is 0 Å². The van der Waals surface area contributed by atoms with Crippen molar-refractivity contribution in [1.29, 1.82) is 0 Å². The van der Waals surface area contributed by atoms with Gasteiger partial charge in [-0.3, -0.25) is 5.84 Å². The van der Waals surface area contributed by atoms with E-state index in [1.54, 1.807) is 12.7 Å². The standard InChI is InChI=1S/C9H19N4/c1-2-3-4-5-6-7-13-9-12(10)8-11-13/h8-9H,2-7,10H2,1H3/q+1. The second-order valence-corrected chi connectivity index (χ2v) is 3.37. The number of hydrogen-bond acceptors (Lipinski definition) is 2. The van der Waals surface area contributed by atoms with Gasteiger partial charge in [0.15, 0.2) is 0 Å². The minimum Gasteiger partial charge on any atom is -0.289 e. The maximum absolute atomic E-state index is 5.46. The van der Waals surface area contributed by atoms with Gasteiger partial charge in [-0.2, -0.15) is 0 Å². The molecule has 0 aliphatic rings. The fourth-order valence-electron chi connectivity index (χ4n) is 1.33. The zero-order chi connectivity index (χ0) is 9.52. The summed E-state index contributed by atoms with van der Waals surface area (Å²) in [4.78, 5) is 0. The van der Waals surface area contributed by atoms with Gasteiger partial charge in [0.05, 0.1) is 0 Å². The van der Waals surface area contributed by atoms with Gasteiger partial charge in [-0.15, -0.1) is 9.36 Å². The van der Waals surface area contributed by atoms with E-state index in [9.17, 15) is 0 Å². The van der Waals surface area contributed by atoms with Crippen molar-refractivity contribution in [3.8, 4) is 0 Å². The van der Waals surface area contributed by atoms with Crippen LogP contribution in [0.1, 0.15) is 39.0 Å². The Morgan fingerprint density at radius 2 is 2.08 bits per heavy atom. The quantitative estimate of drug-likeness (QED) is 0.404. The van der Waals surface area contributed by atoms with Crippen LogP contribution >= 0.6 is 0 Å². The molecule has 0 aliphatic heterocycles. The average Bonchev–Trinajstić information content (AvgIpc) is 2.51. The number of unbranched alkanes of at least 4 members (excludes halogenated alkanes) is 4. The number of nitrogen functional groups attached to an aromatic ring is 1. The summed E-state index contributed by atoms with van der Waals surface area (Å²) in [5, 5.41) is 4.09. The first-order chi connectivity index (χ1) is 6.33. The second-order valence-electron chi connectivity index (χ2n) is 3.37. The Bertz CT molecular complexity index is 231. The molecule has 74 valence electrons. The van der Waals surface area contributed by atoms with Gasteiger partial charge in [-0.25, -0.2) is 0 Å². The van der Waals surface area contributed by atoms with Crippen molar-refractivity contribution in [1.82, 2.24) is 9.78 Å². The molecule has 1 aromatic heterocycles. The van der Waals surface area contributed by atoms with E-state index in [-0.39, 0.29) is 0 Å². The van der Waals surface area contributed by atoms with E-state index in [2.05, 4.69) is 12.0 Å². The first-order valence-electron chi connectivity index (χ1n) is 5.01. The minimum absolute atomic E-state index is 0.980. The molecule has 1 rings (SSSR count). The van der Waals surface area contributed by atoms with Crippen LogP contribution in [0.3, 0.4) is 0 Å². The average molecular weight is 183 g/mol. The minimum atomic E-state index is 0.980. The molecule has 0 amide bonds. The summed E-state index contributed by atoms with van der Waals surface area (Å²) in [6, 6.07) is 0. The van der Waals surface area contributed by atoms with Gasteiger partial charge in [0.25, 0.3) is 6.33 Å². The van der Waals surface area contributed by atoms with E-state index >= 15 is 0 Å². The number of nitrogens with two attached hydrogens (primary N) is 1. The summed E-state index contributed by atoms with van der Waals surface area (Å²) in [6.45, 7) is 3.21. The van der Waals surface area contributed by atoms with E-state index < -0.39 is 0 Å². The van der Waals surface area contributed by atoms with Gasteiger partial charge in [0.2, 0.25) is 6.33 Å². The third-order valence-corrected chi connectivity index (χ3v) is 2.09. The number of nitrogens with zero attached hydrogens (tertiary/aromatic N) is 3. The van der Waals surface area contributed by atoms with Crippen molar-refractivity contribution in [2.75, 3.05) is 5.84 Å². The normalized spacial score (nSPS) is 10.5. The maximum Gasteiger partial charge on any atom is 0.286 e. The Morgan fingerprint density at radius 1 is 1.31 bits per heavy atom. The molecule has 0 radical (unpaired) electrons. The first-order valence-corrected chi connectivity index (χ1v) is 5.01. The molecule has 4 nitrogen and oxygen atoms in total. The molecule has 0 fully saturated rings. The SMILES string of the molecule is CCCCCCCn1c[n+](N)cn1. The van der Waals surface area contributed by atoms with Crippen LogP contribution in [0.15, 0.2) is 12.7 Å². The molecule has 0 bridgehead atoms. The van der Waals surface area contributed by atoms with Gasteiger partial charge in [-0.05, 0) is 6.42 Å². The van der Waals surface area contributed by atoms with Crippen molar-refractivity contribution < 1.29 is 4.68 Å². The maximum atomic E-state index is 5.46. The molecule has 1 aromatic rings. The molecule has 13 heavy (non-hydrogen) atoms. The largest absolute Gasteiger partial charge is 0.289 e. The fourth-order valence-corrected chi connectivity index (χ4v) is 1.33. The lowest BCUT2D eigenvalue weighted by atomic mass is 10.1. The summed E-state index contributed by atoms with van der Waals surface area (Å²) in [5.41, 5.74) is 0. The van der Waals surface area contributed by atoms with Crippen molar-refractivity contribution >= 4 is 0 Å². The summed E-state index contributed by atoms with van der Waals surface area (Å²) >= 11 is 0. The van der Waals surface area contributed by atoms with Gasteiger partial charge in [0.1, 0.15) is 6.54 Å².